The van der Waals surface area contributed by atoms with Gasteiger partial charge in [-0.1, -0.05) is 0 Å². The number of ether oxygens (including phenoxy) is 2. The minimum atomic E-state index is -0.844. The van der Waals surface area contributed by atoms with Crippen molar-refractivity contribution in [3.63, 3.8) is 0 Å². The maximum atomic E-state index is 12.1. The topological polar surface area (TPSA) is 79.3 Å². The Morgan fingerprint density at radius 1 is 1.36 bits per heavy atom. The van der Waals surface area contributed by atoms with E-state index in [4.69, 9.17) is 9.47 Å². The highest BCUT2D eigenvalue weighted by molar-refractivity contribution is 5.73. The van der Waals surface area contributed by atoms with Crippen LogP contribution in [0.1, 0.15) is 34.1 Å². The number of hydrogen-bond acceptors (Lipinski definition) is 5. The lowest BCUT2D eigenvalue weighted by molar-refractivity contribution is -0.152. The van der Waals surface area contributed by atoms with Crippen LogP contribution in [0.2, 0.25) is 0 Å². The van der Waals surface area contributed by atoms with Gasteiger partial charge in [0, 0.05) is 26.2 Å². The lowest BCUT2D eigenvalue weighted by atomic mass is 9.84. The predicted molar refractivity (Wildman–Crippen MR) is 79.8 cm³/mol. The Labute approximate surface area is 131 Å². The largest absolute Gasteiger partial charge is 0.481 e. The Morgan fingerprint density at radius 3 is 2.50 bits per heavy atom. The van der Waals surface area contributed by atoms with E-state index in [1.54, 1.807) is 4.90 Å². The van der Waals surface area contributed by atoms with Crippen LogP contribution in [-0.4, -0.2) is 77.0 Å². The normalized spacial score (nSPS) is 25.5. The molecule has 2 fully saturated rings. The van der Waals surface area contributed by atoms with E-state index in [1.807, 2.05) is 27.7 Å². The molecule has 1 atom stereocenters. The van der Waals surface area contributed by atoms with Gasteiger partial charge in [0.2, 0.25) is 0 Å². The molecule has 2 rings (SSSR count). The summed E-state index contributed by atoms with van der Waals surface area (Å²) in [5, 5.41) is 9.23. The summed E-state index contributed by atoms with van der Waals surface area (Å²) in [5.74, 6) is -0.844. The van der Waals surface area contributed by atoms with Crippen molar-refractivity contribution in [2.45, 2.75) is 51.4 Å². The average Bonchev–Trinajstić information content (AvgIpc) is 2.30. The second-order valence-corrected chi connectivity index (χ2v) is 7.26. The Bertz CT molecular complexity index is 440. The van der Waals surface area contributed by atoms with Crippen molar-refractivity contribution in [3.05, 3.63) is 0 Å². The van der Waals surface area contributed by atoms with E-state index in [2.05, 4.69) is 4.90 Å². The summed E-state index contributed by atoms with van der Waals surface area (Å²) in [6, 6.07) is 0. The molecular weight excluding hydrogens is 288 g/mol. The first-order chi connectivity index (χ1) is 10.1. The predicted octanol–water partition coefficient (Wildman–Crippen LogP) is 1.17. The third kappa shape index (κ3) is 3.89. The van der Waals surface area contributed by atoms with E-state index in [9.17, 15) is 14.7 Å². The minimum absolute atomic E-state index is 0.0268. The number of rotatable bonds is 3. The van der Waals surface area contributed by atoms with Crippen LogP contribution in [-0.2, 0) is 14.3 Å². The van der Waals surface area contributed by atoms with Crippen LogP contribution in [0.15, 0.2) is 0 Å². The first-order valence-corrected chi connectivity index (χ1v) is 7.68. The highest BCUT2D eigenvalue weighted by Gasteiger charge is 2.52. The van der Waals surface area contributed by atoms with Crippen LogP contribution in [0.5, 0.6) is 0 Å². The number of likely N-dealkylation sites (tertiary alicyclic amines) is 1. The van der Waals surface area contributed by atoms with Crippen molar-refractivity contribution in [2.75, 3.05) is 32.8 Å². The summed E-state index contributed by atoms with van der Waals surface area (Å²) in [7, 11) is 0. The van der Waals surface area contributed by atoms with Crippen LogP contribution in [0, 0.1) is 0 Å². The fourth-order valence-electron chi connectivity index (χ4n) is 3.07. The highest BCUT2D eigenvalue weighted by atomic mass is 16.6. The number of carboxylic acids is 1. The van der Waals surface area contributed by atoms with Gasteiger partial charge in [-0.3, -0.25) is 9.69 Å². The molecule has 2 aliphatic rings. The number of carbonyl (C=O) groups is 2. The summed E-state index contributed by atoms with van der Waals surface area (Å²) >= 11 is 0. The monoisotopic (exact) mass is 314 g/mol. The SMILES string of the molecule is CC1CN(C2(CC(=O)O)CN(C(=O)OC(C)(C)C)C2)CCO1. The summed E-state index contributed by atoms with van der Waals surface area (Å²) in [4.78, 5) is 27.0. The lowest BCUT2D eigenvalue weighted by Crippen LogP contribution is -2.73. The third-order valence-electron chi connectivity index (χ3n) is 4.01. The van der Waals surface area contributed by atoms with Crippen molar-refractivity contribution >= 4 is 12.1 Å². The number of carboxylic acid groups (broad SMARTS) is 1. The smallest absolute Gasteiger partial charge is 0.410 e. The Kier molecular flexibility index (Phi) is 4.67. The molecule has 126 valence electrons. The number of carbonyl (C=O) groups excluding carboxylic acids is 1. The van der Waals surface area contributed by atoms with Crippen LogP contribution in [0.4, 0.5) is 4.79 Å². The highest BCUT2D eigenvalue weighted by Crippen LogP contribution is 2.34. The Balaban J connectivity index is 2.02. The van der Waals surface area contributed by atoms with Crippen LogP contribution in [0.3, 0.4) is 0 Å². The maximum Gasteiger partial charge on any atom is 0.410 e. The molecule has 7 nitrogen and oxygen atoms in total. The molecule has 0 aromatic rings. The number of aliphatic carboxylic acids is 1. The molecule has 0 spiro atoms. The van der Waals surface area contributed by atoms with Crippen molar-refractivity contribution in [3.8, 4) is 0 Å². The fourth-order valence-corrected chi connectivity index (χ4v) is 3.07. The molecule has 0 aromatic carbocycles. The minimum Gasteiger partial charge on any atom is -0.481 e. The van der Waals surface area contributed by atoms with E-state index in [1.165, 1.54) is 0 Å². The molecule has 22 heavy (non-hydrogen) atoms. The van der Waals surface area contributed by atoms with Gasteiger partial charge in [0.1, 0.15) is 5.60 Å². The first kappa shape index (κ1) is 17.0. The lowest BCUT2D eigenvalue weighted by Gasteiger charge is -2.56. The maximum absolute atomic E-state index is 12.1. The average molecular weight is 314 g/mol. The molecule has 1 amide bonds. The molecule has 0 saturated carbocycles. The second kappa shape index (κ2) is 6.04. The summed E-state index contributed by atoms with van der Waals surface area (Å²) in [6.07, 6.45) is -0.274. The van der Waals surface area contributed by atoms with Crippen molar-refractivity contribution in [2.24, 2.45) is 0 Å². The molecule has 1 unspecified atom stereocenters. The quantitative estimate of drug-likeness (QED) is 0.842. The van der Waals surface area contributed by atoms with Crippen molar-refractivity contribution in [1.82, 2.24) is 9.80 Å². The molecular formula is C15H26N2O5. The molecule has 7 heteroatoms. The van der Waals surface area contributed by atoms with E-state index in [0.717, 1.165) is 0 Å². The van der Waals surface area contributed by atoms with E-state index >= 15 is 0 Å². The molecule has 0 aliphatic carbocycles. The summed E-state index contributed by atoms with van der Waals surface area (Å²) < 4.78 is 10.9. The van der Waals surface area contributed by atoms with Gasteiger partial charge in [-0.2, -0.15) is 0 Å². The zero-order valence-electron chi connectivity index (χ0n) is 13.8. The van der Waals surface area contributed by atoms with Gasteiger partial charge in [0.05, 0.1) is 24.7 Å². The fraction of sp³-hybridized carbons (Fsp3) is 0.867. The van der Waals surface area contributed by atoms with Gasteiger partial charge in [-0.25, -0.2) is 4.79 Å². The van der Waals surface area contributed by atoms with Crippen molar-refractivity contribution in [1.29, 1.82) is 0 Å². The number of morpholine rings is 1. The van der Waals surface area contributed by atoms with Crippen LogP contribution in [0.25, 0.3) is 0 Å². The second-order valence-electron chi connectivity index (χ2n) is 7.26. The third-order valence-corrected chi connectivity index (χ3v) is 4.01. The van der Waals surface area contributed by atoms with Crippen LogP contribution >= 0.6 is 0 Å². The number of hydrogen-bond donors (Lipinski definition) is 1. The van der Waals surface area contributed by atoms with Gasteiger partial charge >= 0.3 is 12.1 Å². The standard InChI is InChI=1S/C15H26N2O5/c1-11-8-17(5-6-21-11)15(7-12(18)19)9-16(10-15)13(20)22-14(2,3)4/h11H,5-10H2,1-4H3,(H,18,19). The summed E-state index contributed by atoms with van der Waals surface area (Å²) in [6.45, 7) is 10.2. The van der Waals surface area contributed by atoms with Crippen LogP contribution < -0.4 is 0 Å². The first-order valence-electron chi connectivity index (χ1n) is 7.68. The van der Waals surface area contributed by atoms with Gasteiger partial charge in [0.15, 0.2) is 0 Å². The van der Waals surface area contributed by atoms with E-state index in [-0.39, 0.29) is 18.6 Å². The Hall–Kier alpha value is -1.34. The molecule has 0 bridgehead atoms. The van der Waals surface area contributed by atoms with Gasteiger partial charge in [-0.15, -0.1) is 0 Å². The molecule has 0 radical (unpaired) electrons. The molecule has 0 aromatic heterocycles. The molecule has 1 N–H and O–H groups in total. The van der Waals surface area contributed by atoms with Gasteiger partial charge in [-0.05, 0) is 27.7 Å². The van der Waals surface area contributed by atoms with E-state index in [0.29, 0.717) is 32.8 Å². The van der Waals surface area contributed by atoms with Gasteiger partial charge < -0.3 is 19.5 Å². The van der Waals surface area contributed by atoms with E-state index < -0.39 is 17.1 Å². The number of nitrogens with zero attached hydrogens (tertiary/aromatic N) is 2. The zero-order chi connectivity index (χ0) is 16.5. The zero-order valence-corrected chi connectivity index (χ0v) is 13.8. The molecule has 2 heterocycles. The van der Waals surface area contributed by atoms with Gasteiger partial charge in [0.25, 0.3) is 0 Å². The Morgan fingerprint density at radius 2 is 2.00 bits per heavy atom. The summed E-state index contributed by atoms with van der Waals surface area (Å²) in [5.41, 5.74) is -1.05. The molecule has 2 saturated heterocycles. The number of amides is 1. The van der Waals surface area contributed by atoms with Crippen molar-refractivity contribution < 1.29 is 24.2 Å². The molecule has 2 aliphatic heterocycles.